The maximum absolute atomic E-state index is 13.8. The molecule has 0 atom stereocenters. The van der Waals surface area contributed by atoms with E-state index < -0.39 is 5.60 Å². The first kappa shape index (κ1) is 19.6. The molecule has 0 saturated heterocycles. The molecule has 1 fully saturated rings. The summed E-state index contributed by atoms with van der Waals surface area (Å²) in [6, 6.07) is 9.16. The molecular formula is C23H26FN3O2. The van der Waals surface area contributed by atoms with Crippen LogP contribution in [-0.4, -0.2) is 32.6 Å². The van der Waals surface area contributed by atoms with Gasteiger partial charge in [0.05, 0.1) is 23.0 Å². The molecule has 2 aromatic heterocycles. The van der Waals surface area contributed by atoms with E-state index >= 15 is 0 Å². The van der Waals surface area contributed by atoms with E-state index in [4.69, 9.17) is 0 Å². The maximum Gasteiger partial charge on any atom is 0.251 e. The van der Waals surface area contributed by atoms with Crippen LogP contribution in [0.5, 0.6) is 0 Å². The number of aromatic amines is 1. The highest BCUT2D eigenvalue weighted by atomic mass is 19.1. The Morgan fingerprint density at radius 1 is 1.17 bits per heavy atom. The molecule has 3 N–H and O–H groups in total. The number of carbonyl (C=O) groups is 1. The van der Waals surface area contributed by atoms with E-state index in [2.05, 4.69) is 15.3 Å². The summed E-state index contributed by atoms with van der Waals surface area (Å²) in [4.78, 5) is 19.7. The van der Waals surface area contributed by atoms with Gasteiger partial charge in [-0.05, 0) is 63.6 Å². The number of hydrogen-bond acceptors (Lipinski definition) is 3. The first-order valence-corrected chi connectivity index (χ1v) is 10.1. The second-order valence-electron chi connectivity index (χ2n) is 8.47. The Kier molecular flexibility index (Phi) is 5.13. The lowest BCUT2D eigenvalue weighted by molar-refractivity contribution is -0.00257. The van der Waals surface area contributed by atoms with Crippen LogP contribution < -0.4 is 5.32 Å². The summed E-state index contributed by atoms with van der Waals surface area (Å²) >= 11 is 0. The van der Waals surface area contributed by atoms with E-state index in [1.54, 1.807) is 24.4 Å². The standard InChI is InChI=1S/C23H26FN3O2/c1-23(2,29)16-7-9-17(10-8-16)27-22(28)15-5-3-14(4-6-15)20-18-11-12-25-21(18)19(24)13-26-20/h3-6,11-13,16-17,25,29H,7-10H2,1-2H3,(H,27,28). The number of nitrogens with zero attached hydrogens (tertiary/aromatic N) is 1. The van der Waals surface area contributed by atoms with Gasteiger partial charge in [-0.15, -0.1) is 0 Å². The van der Waals surface area contributed by atoms with Gasteiger partial charge in [-0.3, -0.25) is 9.78 Å². The molecule has 0 bridgehead atoms. The third-order valence-corrected chi connectivity index (χ3v) is 6.03. The fourth-order valence-electron chi connectivity index (χ4n) is 4.24. The van der Waals surface area contributed by atoms with Gasteiger partial charge in [-0.1, -0.05) is 12.1 Å². The van der Waals surface area contributed by atoms with Crippen molar-refractivity contribution < 1.29 is 14.3 Å². The summed E-state index contributed by atoms with van der Waals surface area (Å²) in [5.74, 6) is -0.199. The van der Waals surface area contributed by atoms with Crippen LogP contribution >= 0.6 is 0 Å². The van der Waals surface area contributed by atoms with Gasteiger partial charge in [-0.2, -0.15) is 0 Å². The third-order valence-electron chi connectivity index (χ3n) is 6.03. The van der Waals surface area contributed by atoms with Gasteiger partial charge < -0.3 is 15.4 Å². The molecule has 0 unspecified atom stereocenters. The van der Waals surface area contributed by atoms with E-state index in [0.717, 1.165) is 31.2 Å². The first-order chi connectivity index (χ1) is 13.8. The van der Waals surface area contributed by atoms with E-state index in [1.165, 1.54) is 6.20 Å². The highest BCUT2D eigenvalue weighted by molar-refractivity contribution is 5.96. The Hall–Kier alpha value is -2.73. The molecule has 29 heavy (non-hydrogen) atoms. The minimum absolute atomic E-state index is 0.0953. The molecule has 6 heteroatoms. The molecule has 1 saturated carbocycles. The zero-order chi connectivity index (χ0) is 20.6. The fourth-order valence-corrected chi connectivity index (χ4v) is 4.24. The molecule has 0 aliphatic heterocycles. The van der Waals surface area contributed by atoms with Gasteiger partial charge in [0.25, 0.3) is 5.91 Å². The lowest BCUT2D eigenvalue weighted by Crippen LogP contribution is -2.41. The van der Waals surface area contributed by atoms with Crippen LogP contribution in [0.15, 0.2) is 42.7 Å². The molecular weight excluding hydrogens is 369 g/mol. The van der Waals surface area contributed by atoms with Crippen molar-refractivity contribution in [1.29, 1.82) is 0 Å². The average Bonchev–Trinajstić information content (AvgIpc) is 3.19. The topological polar surface area (TPSA) is 78.0 Å². The van der Waals surface area contributed by atoms with E-state index in [9.17, 15) is 14.3 Å². The lowest BCUT2D eigenvalue weighted by atomic mass is 9.77. The van der Waals surface area contributed by atoms with E-state index in [-0.39, 0.29) is 23.7 Å². The average molecular weight is 395 g/mol. The Morgan fingerprint density at radius 2 is 1.86 bits per heavy atom. The maximum atomic E-state index is 13.8. The number of aromatic nitrogens is 2. The quantitative estimate of drug-likeness (QED) is 0.612. The SMILES string of the molecule is CC(C)(O)C1CCC(NC(=O)c2ccc(-c3ncc(F)c4[nH]ccc34)cc2)CC1. The number of halogens is 1. The van der Waals surface area contributed by atoms with E-state index in [0.29, 0.717) is 22.2 Å². The summed E-state index contributed by atoms with van der Waals surface area (Å²) in [7, 11) is 0. The van der Waals surface area contributed by atoms with Gasteiger partial charge in [0.1, 0.15) is 0 Å². The molecule has 2 heterocycles. The fraction of sp³-hybridized carbons (Fsp3) is 0.391. The Bertz CT molecular complexity index is 1010. The van der Waals surface area contributed by atoms with E-state index in [1.807, 2.05) is 26.0 Å². The molecule has 0 radical (unpaired) electrons. The lowest BCUT2D eigenvalue weighted by Gasteiger charge is -2.36. The number of benzene rings is 1. The molecule has 0 spiro atoms. The van der Waals surface area contributed by atoms with Crippen molar-refractivity contribution in [3.63, 3.8) is 0 Å². The number of nitrogens with one attached hydrogen (secondary N) is 2. The van der Waals surface area contributed by atoms with Crippen LogP contribution in [0.2, 0.25) is 0 Å². The van der Waals surface area contributed by atoms with Crippen LogP contribution in [0.1, 0.15) is 49.9 Å². The molecule has 5 nitrogen and oxygen atoms in total. The molecule has 152 valence electrons. The predicted molar refractivity (Wildman–Crippen MR) is 111 cm³/mol. The van der Waals surface area contributed by atoms with Gasteiger partial charge in [-0.25, -0.2) is 4.39 Å². The largest absolute Gasteiger partial charge is 0.390 e. The van der Waals surface area contributed by atoms with Crippen LogP contribution in [-0.2, 0) is 0 Å². The van der Waals surface area contributed by atoms with Crippen LogP contribution in [0.3, 0.4) is 0 Å². The zero-order valence-corrected chi connectivity index (χ0v) is 16.7. The molecule has 1 aromatic carbocycles. The first-order valence-electron chi connectivity index (χ1n) is 10.1. The van der Waals surface area contributed by atoms with Gasteiger partial charge in [0, 0.05) is 28.8 Å². The van der Waals surface area contributed by atoms with Crippen molar-refractivity contribution in [2.24, 2.45) is 5.92 Å². The van der Waals surface area contributed by atoms with Crippen LogP contribution in [0.25, 0.3) is 22.2 Å². The van der Waals surface area contributed by atoms with Gasteiger partial charge >= 0.3 is 0 Å². The Morgan fingerprint density at radius 3 is 2.52 bits per heavy atom. The minimum atomic E-state index is -0.663. The summed E-state index contributed by atoms with van der Waals surface area (Å²) in [5.41, 5.74) is 1.87. The molecule has 1 aliphatic carbocycles. The van der Waals surface area contributed by atoms with Gasteiger partial charge in [0.2, 0.25) is 0 Å². The molecule has 4 rings (SSSR count). The number of carbonyl (C=O) groups excluding carboxylic acids is 1. The molecule has 1 amide bonds. The number of pyridine rings is 1. The summed E-state index contributed by atoms with van der Waals surface area (Å²) in [6.07, 6.45) is 6.48. The summed E-state index contributed by atoms with van der Waals surface area (Å²) < 4.78 is 13.8. The minimum Gasteiger partial charge on any atom is -0.390 e. The number of hydrogen-bond donors (Lipinski definition) is 3. The van der Waals surface area contributed by atoms with Crippen molar-refractivity contribution >= 4 is 16.8 Å². The Balaban J connectivity index is 1.44. The summed E-state index contributed by atoms with van der Waals surface area (Å²) in [5, 5.41) is 14.0. The number of H-pyrrole nitrogens is 1. The van der Waals surface area contributed by atoms with Crippen molar-refractivity contribution in [2.75, 3.05) is 0 Å². The van der Waals surface area contributed by atoms with Crippen molar-refractivity contribution in [3.8, 4) is 11.3 Å². The highest BCUT2D eigenvalue weighted by Crippen LogP contribution is 2.32. The van der Waals surface area contributed by atoms with Crippen molar-refractivity contribution in [3.05, 3.63) is 54.1 Å². The van der Waals surface area contributed by atoms with Crippen LogP contribution in [0, 0.1) is 11.7 Å². The number of amides is 1. The Labute approximate surface area is 169 Å². The number of aliphatic hydroxyl groups is 1. The van der Waals surface area contributed by atoms with Crippen molar-refractivity contribution in [2.45, 2.75) is 51.2 Å². The second-order valence-corrected chi connectivity index (χ2v) is 8.47. The predicted octanol–water partition coefficient (Wildman–Crippen LogP) is 4.43. The zero-order valence-electron chi connectivity index (χ0n) is 16.7. The van der Waals surface area contributed by atoms with Crippen molar-refractivity contribution in [1.82, 2.24) is 15.3 Å². The summed E-state index contributed by atoms with van der Waals surface area (Å²) in [6.45, 7) is 3.71. The molecule has 3 aromatic rings. The smallest absolute Gasteiger partial charge is 0.251 e. The normalized spacial score (nSPS) is 20.0. The second kappa shape index (κ2) is 7.59. The monoisotopic (exact) mass is 395 g/mol. The number of rotatable bonds is 4. The third kappa shape index (κ3) is 4.03. The number of fused-ring (bicyclic) bond motifs is 1. The van der Waals surface area contributed by atoms with Crippen LogP contribution in [0.4, 0.5) is 4.39 Å². The van der Waals surface area contributed by atoms with Gasteiger partial charge in [0.15, 0.2) is 5.82 Å². The molecule has 1 aliphatic rings. The highest BCUT2D eigenvalue weighted by Gasteiger charge is 2.31.